The molecule has 0 aliphatic carbocycles. The lowest BCUT2D eigenvalue weighted by atomic mass is 10.0. The van der Waals surface area contributed by atoms with E-state index in [9.17, 15) is 9.59 Å². The molecule has 1 unspecified atom stereocenters. The highest BCUT2D eigenvalue weighted by molar-refractivity contribution is 6.03. The summed E-state index contributed by atoms with van der Waals surface area (Å²) in [7, 11) is 0. The lowest BCUT2D eigenvalue weighted by molar-refractivity contribution is -0.117. The SMILES string of the molecule is C=CC(=O)NC1CCCN(Cc2ccnc(C(=O)Nc3ccc(-c4cc(=C(\C)CCC)/c(=C\C)[nH]4)cc3)c2)C1. The summed E-state index contributed by atoms with van der Waals surface area (Å²) >= 11 is 0. The summed E-state index contributed by atoms with van der Waals surface area (Å²) in [6, 6.07) is 14.0. The van der Waals surface area contributed by atoms with E-state index in [0.717, 1.165) is 66.6 Å². The number of carbonyl (C=O) groups excluding carboxylic acids is 2. The molecule has 0 bridgehead atoms. The number of anilines is 1. The largest absolute Gasteiger partial charge is 0.355 e. The molecule has 2 aromatic heterocycles. The number of piperidine rings is 1. The van der Waals surface area contributed by atoms with Crippen molar-refractivity contribution in [2.45, 2.75) is 59.0 Å². The predicted molar refractivity (Wildman–Crippen MR) is 158 cm³/mol. The van der Waals surface area contributed by atoms with Gasteiger partial charge in [0.25, 0.3) is 5.91 Å². The molecule has 7 nitrogen and oxygen atoms in total. The van der Waals surface area contributed by atoms with Crippen molar-refractivity contribution in [3.63, 3.8) is 0 Å². The van der Waals surface area contributed by atoms with Gasteiger partial charge < -0.3 is 15.6 Å². The summed E-state index contributed by atoms with van der Waals surface area (Å²) in [6.07, 6.45) is 9.26. The van der Waals surface area contributed by atoms with Crippen LogP contribution in [0.5, 0.6) is 0 Å². The van der Waals surface area contributed by atoms with Crippen LogP contribution < -0.4 is 21.2 Å². The minimum absolute atomic E-state index is 0.111. The van der Waals surface area contributed by atoms with Crippen molar-refractivity contribution in [3.05, 3.63) is 83.1 Å². The zero-order valence-corrected chi connectivity index (χ0v) is 23.2. The van der Waals surface area contributed by atoms with E-state index >= 15 is 0 Å². The van der Waals surface area contributed by atoms with Gasteiger partial charge in [0.15, 0.2) is 0 Å². The Morgan fingerprint density at radius 2 is 2.00 bits per heavy atom. The van der Waals surface area contributed by atoms with Gasteiger partial charge in [0.2, 0.25) is 5.91 Å². The molecule has 39 heavy (non-hydrogen) atoms. The number of amides is 2. The Balaban J connectivity index is 1.41. The molecule has 3 N–H and O–H groups in total. The van der Waals surface area contributed by atoms with Crippen molar-refractivity contribution < 1.29 is 9.59 Å². The first kappa shape index (κ1) is 28.0. The molecule has 1 aliphatic rings. The molecule has 1 saturated heterocycles. The third kappa shape index (κ3) is 7.33. The molecule has 4 rings (SSSR count). The molecule has 0 saturated carbocycles. The molecule has 1 aliphatic heterocycles. The van der Waals surface area contributed by atoms with Crippen LogP contribution in [0.25, 0.3) is 22.9 Å². The Labute approximate surface area is 230 Å². The first-order valence-electron chi connectivity index (χ1n) is 13.8. The Morgan fingerprint density at radius 3 is 2.72 bits per heavy atom. The van der Waals surface area contributed by atoms with Gasteiger partial charge in [-0.2, -0.15) is 0 Å². The number of nitrogens with zero attached hydrogens (tertiary/aromatic N) is 2. The summed E-state index contributed by atoms with van der Waals surface area (Å²) in [5.41, 5.74) is 5.62. The van der Waals surface area contributed by atoms with Gasteiger partial charge in [-0.05, 0) is 92.4 Å². The number of H-pyrrole nitrogens is 1. The first-order chi connectivity index (χ1) is 18.9. The zero-order chi connectivity index (χ0) is 27.8. The van der Waals surface area contributed by atoms with Crippen molar-refractivity contribution >= 4 is 29.2 Å². The Bertz CT molecular complexity index is 1440. The van der Waals surface area contributed by atoms with E-state index in [2.05, 4.69) is 58.1 Å². The fourth-order valence-corrected chi connectivity index (χ4v) is 5.18. The van der Waals surface area contributed by atoms with Crippen LogP contribution in [0.3, 0.4) is 0 Å². The number of benzene rings is 1. The second kappa shape index (κ2) is 13.2. The molecule has 204 valence electrons. The lowest BCUT2D eigenvalue weighted by Gasteiger charge is -2.33. The highest BCUT2D eigenvalue weighted by Gasteiger charge is 2.21. The number of rotatable bonds is 9. The van der Waals surface area contributed by atoms with E-state index in [1.54, 1.807) is 6.20 Å². The van der Waals surface area contributed by atoms with E-state index in [1.807, 2.05) is 43.3 Å². The minimum atomic E-state index is -0.241. The van der Waals surface area contributed by atoms with Crippen LogP contribution in [0.15, 0.2) is 61.3 Å². The Morgan fingerprint density at radius 1 is 1.21 bits per heavy atom. The molecular formula is C32H39N5O2. The molecule has 3 aromatic rings. The number of aromatic nitrogens is 2. The number of pyridine rings is 1. The quantitative estimate of drug-likeness (QED) is 0.362. The number of nitrogens with one attached hydrogen (secondary N) is 3. The maximum Gasteiger partial charge on any atom is 0.274 e. The third-order valence-electron chi connectivity index (χ3n) is 7.18. The van der Waals surface area contributed by atoms with Gasteiger partial charge >= 0.3 is 0 Å². The normalized spacial score (nSPS) is 17.0. The van der Waals surface area contributed by atoms with Gasteiger partial charge in [0.05, 0.1) is 0 Å². The number of carbonyl (C=O) groups is 2. The van der Waals surface area contributed by atoms with Crippen LogP contribution in [-0.2, 0) is 11.3 Å². The van der Waals surface area contributed by atoms with Gasteiger partial charge in [0.1, 0.15) is 5.69 Å². The van der Waals surface area contributed by atoms with Gasteiger partial charge in [-0.25, -0.2) is 0 Å². The standard InChI is InChI=1S/C32H39N5O2/c1-5-9-22(4)27-19-29(36-28(27)6-2)24-11-13-25(14-12-24)35-32(39)30-18-23(15-16-33-30)20-37-17-8-10-26(21-37)34-31(38)7-3/h6-7,11-16,18-19,26,36H,3,5,8-10,17,20-21H2,1-2,4H3,(H,34,38)(H,35,39)/b27-22-,28-6+. The van der Waals surface area contributed by atoms with E-state index in [0.29, 0.717) is 12.2 Å². The highest BCUT2D eigenvalue weighted by atomic mass is 16.2. The van der Waals surface area contributed by atoms with Crippen LogP contribution >= 0.6 is 0 Å². The van der Waals surface area contributed by atoms with Crippen molar-refractivity contribution in [2.75, 3.05) is 18.4 Å². The maximum absolute atomic E-state index is 13.0. The molecule has 7 heteroatoms. The summed E-state index contributed by atoms with van der Waals surface area (Å²) in [6.45, 7) is 12.4. The van der Waals surface area contributed by atoms with Gasteiger partial charge in [-0.15, -0.1) is 0 Å². The highest BCUT2D eigenvalue weighted by Crippen LogP contribution is 2.19. The second-order valence-electron chi connectivity index (χ2n) is 10.2. The van der Waals surface area contributed by atoms with Gasteiger partial charge in [0, 0.05) is 42.1 Å². The number of likely N-dealkylation sites (tertiary alicyclic amines) is 1. The number of hydrogen-bond acceptors (Lipinski definition) is 4. The van der Waals surface area contributed by atoms with Crippen LogP contribution in [0.2, 0.25) is 0 Å². The van der Waals surface area contributed by atoms with E-state index < -0.39 is 0 Å². The fourth-order valence-electron chi connectivity index (χ4n) is 5.18. The van der Waals surface area contributed by atoms with Crippen molar-refractivity contribution in [3.8, 4) is 11.3 Å². The fraction of sp³-hybridized carbons (Fsp3) is 0.344. The summed E-state index contributed by atoms with van der Waals surface area (Å²) < 4.78 is 0. The average molecular weight is 526 g/mol. The third-order valence-corrected chi connectivity index (χ3v) is 7.18. The first-order valence-corrected chi connectivity index (χ1v) is 13.8. The smallest absolute Gasteiger partial charge is 0.274 e. The summed E-state index contributed by atoms with van der Waals surface area (Å²) in [4.78, 5) is 34.8. The number of hydrogen-bond donors (Lipinski definition) is 3. The topological polar surface area (TPSA) is 90.1 Å². The zero-order valence-electron chi connectivity index (χ0n) is 23.2. The Kier molecular flexibility index (Phi) is 9.49. The molecule has 1 aromatic carbocycles. The summed E-state index contributed by atoms with van der Waals surface area (Å²) in [5, 5.41) is 8.37. The molecule has 0 spiro atoms. The van der Waals surface area contributed by atoms with E-state index in [-0.39, 0.29) is 17.9 Å². The monoisotopic (exact) mass is 525 g/mol. The Hall–Kier alpha value is -3.97. The van der Waals surface area contributed by atoms with Crippen LogP contribution in [-0.4, -0.2) is 45.8 Å². The summed E-state index contributed by atoms with van der Waals surface area (Å²) in [5.74, 6) is -0.380. The average Bonchev–Trinajstić information content (AvgIpc) is 3.39. The van der Waals surface area contributed by atoms with Crippen molar-refractivity contribution in [2.24, 2.45) is 0 Å². The van der Waals surface area contributed by atoms with Crippen LogP contribution in [0.1, 0.15) is 62.5 Å². The van der Waals surface area contributed by atoms with Crippen LogP contribution in [0, 0.1) is 0 Å². The predicted octanol–water partition coefficient (Wildman–Crippen LogP) is 4.37. The van der Waals surface area contributed by atoms with Crippen molar-refractivity contribution in [1.82, 2.24) is 20.2 Å². The van der Waals surface area contributed by atoms with Gasteiger partial charge in [-0.3, -0.25) is 19.5 Å². The molecule has 2 amide bonds. The second-order valence-corrected chi connectivity index (χ2v) is 10.2. The van der Waals surface area contributed by atoms with Gasteiger partial charge in [-0.1, -0.05) is 43.7 Å². The van der Waals surface area contributed by atoms with Crippen LogP contribution in [0.4, 0.5) is 5.69 Å². The van der Waals surface area contributed by atoms with E-state index in [1.165, 1.54) is 16.9 Å². The minimum Gasteiger partial charge on any atom is -0.355 e. The molecule has 0 radical (unpaired) electrons. The maximum atomic E-state index is 13.0. The molecule has 1 atom stereocenters. The molecular weight excluding hydrogens is 486 g/mol. The van der Waals surface area contributed by atoms with E-state index in [4.69, 9.17) is 0 Å². The van der Waals surface area contributed by atoms with Crippen molar-refractivity contribution in [1.29, 1.82) is 0 Å². The number of aromatic amines is 1. The molecule has 3 heterocycles. The molecule has 1 fully saturated rings. The lowest BCUT2D eigenvalue weighted by Crippen LogP contribution is -2.46.